The van der Waals surface area contributed by atoms with Gasteiger partial charge in [-0.15, -0.1) is 0 Å². The van der Waals surface area contributed by atoms with Crippen LogP contribution in [0.2, 0.25) is 0 Å². The lowest BCUT2D eigenvalue weighted by molar-refractivity contribution is -0.0164. The molecule has 1 aliphatic rings. The highest BCUT2D eigenvalue weighted by molar-refractivity contribution is 5.42. The fraction of sp³-hybridized carbons (Fsp3) is 0.600. The molecule has 3 heteroatoms. The first kappa shape index (κ1) is 13.4. The van der Waals surface area contributed by atoms with Crippen molar-refractivity contribution in [3.8, 4) is 5.75 Å². The molecular formula is C15H23NO2. The lowest BCUT2D eigenvalue weighted by Crippen LogP contribution is -2.45. The van der Waals surface area contributed by atoms with Crippen LogP contribution in [-0.4, -0.2) is 23.9 Å². The van der Waals surface area contributed by atoms with E-state index in [4.69, 9.17) is 10.5 Å². The maximum Gasteiger partial charge on any atom is 0.122 e. The Morgan fingerprint density at radius 2 is 2.00 bits per heavy atom. The highest BCUT2D eigenvalue weighted by Crippen LogP contribution is 2.39. The van der Waals surface area contributed by atoms with E-state index in [0.717, 1.165) is 24.2 Å². The zero-order chi connectivity index (χ0) is 13.3. The van der Waals surface area contributed by atoms with Gasteiger partial charge in [-0.1, -0.05) is 6.07 Å². The van der Waals surface area contributed by atoms with Gasteiger partial charge in [0.05, 0.1) is 0 Å². The van der Waals surface area contributed by atoms with Gasteiger partial charge in [-0.05, 0) is 62.3 Å². The predicted octanol–water partition coefficient (Wildman–Crippen LogP) is 2.09. The van der Waals surface area contributed by atoms with Crippen molar-refractivity contribution in [2.45, 2.75) is 39.2 Å². The number of aryl methyl sites for hydroxylation is 2. The van der Waals surface area contributed by atoms with Gasteiger partial charge in [0.15, 0.2) is 0 Å². The largest absolute Gasteiger partial charge is 0.490 e. The van der Waals surface area contributed by atoms with Crippen LogP contribution in [0.4, 0.5) is 0 Å². The summed E-state index contributed by atoms with van der Waals surface area (Å²) in [6.07, 6.45) is 2.12. The van der Waals surface area contributed by atoms with Gasteiger partial charge in [-0.25, -0.2) is 0 Å². The highest BCUT2D eigenvalue weighted by Gasteiger charge is 2.43. The maximum absolute atomic E-state index is 10.4. The fourth-order valence-corrected chi connectivity index (χ4v) is 2.32. The van der Waals surface area contributed by atoms with Crippen LogP contribution in [0.1, 0.15) is 29.5 Å². The van der Waals surface area contributed by atoms with E-state index >= 15 is 0 Å². The van der Waals surface area contributed by atoms with Crippen LogP contribution >= 0.6 is 0 Å². The number of aliphatic hydroxyl groups is 1. The third-order valence-corrected chi connectivity index (χ3v) is 3.93. The smallest absolute Gasteiger partial charge is 0.122 e. The van der Waals surface area contributed by atoms with Gasteiger partial charge in [-0.3, -0.25) is 0 Å². The summed E-state index contributed by atoms with van der Waals surface area (Å²) in [5, 5.41) is 10.4. The van der Waals surface area contributed by atoms with Gasteiger partial charge in [0, 0.05) is 6.54 Å². The maximum atomic E-state index is 10.4. The standard InChI is InChI=1S/C15H23NO2/c1-10-6-11(2)12(3)14(7-10)18-9-15(17,8-16)13-4-5-13/h6-7,13,17H,4-5,8-9,16H2,1-3H3. The van der Waals surface area contributed by atoms with E-state index in [1.165, 1.54) is 11.1 Å². The molecule has 1 aromatic rings. The summed E-state index contributed by atoms with van der Waals surface area (Å²) in [5.41, 5.74) is 8.35. The summed E-state index contributed by atoms with van der Waals surface area (Å²) in [7, 11) is 0. The lowest BCUT2D eigenvalue weighted by atomic mass is 9.99. The van der Waals surface area contributed by atoms with E-state index in [1.807, 2.05) is 13.0 Å². The second-order valence-corrected chi connectivity index (χ2v) is 5.58. The number of benzene rings is 1. The van der Waals surface area contributed by atoms with Crippen LogP contribution in [0.15, 0.2) is 12.1 Å². The molecule has 0 amide bonds. The molecule has 1 atom stereocenters. The molecule has 1 aromatic carbocycles. The molecule has 1 aliphatic carbocycles. The molecule has 18 heavy (non-hydrogen) atoms. The fourth-order valence-electron chi connectivity index (χ4n) is 2.32. The molecule has 3 N–H and O–H groups in total. The third-order valence-electron chi connectivity index (χ3n) is 3.93. The van der Waals surface area contributed by atoms with Crippen LogP contribution in [0.5, 0.6) is 5.75 Å². The molecule has 0 aliphatic heterocycles. The first-order valence-electron chi connectivity index (χ1n) is 6.59. The molecule has 1 saturated carbocycles. The summed E-state index contributed by atoms with van der Waals surface area (Å²) in [6, 6.07) is 4.16. The van der Waals surface area contributed by atoms with Gasteiger partial charge < -0.3 is 15.6 Å². The summed E-state index contributed by atoms with van der Waals surface area (Å²) >= 11 is 0. The zero-order valence-electron chi connectivity index (χ0n) is 11.5. The summed E-state index contributed by atoms with van der Waals surface area (Å²) in [6.45, 7) is 6.72. The van der Waals surface area contributed by atoms with E-state index in [2.05, 4.69) is 19.9 Å². The molecule has 0 radical (unpaired) electrons. The Labute approximate surface area is 109 Å². The first-order valence-corrected chi connectivity index (χ1v) is 6.59. The van der Waals surface area contributed by atoms with Crippen molar-refractivity contribution in [3.05, 3.63) is 28.8 Å². The summed E-state index contributed by atoms with van der Waals surface area (Å²) < 4.78 is 5.83. The Hall–Kier alpha value is -1.06. The van der Waals surface area contributed by atoms with Crippen molar-refractivity contribution < 1.29 is 9.84 Å². The summed E-state index contributed by atoms with van der Waals surface area (Å²) in [5.74, 6) is 1.17. The van der Waals surface area contributed by atoms with Crippen molar-refractivity contribution in [2.24, 2.45) is 11.7 Å². The average Bonchev–Trinajstić information content (AvgIpc) is 3.16. The quantitative estimate of drug-likeness (QED) is 0.840. The molecule has 1 unspecified atom stereocenters. The zero-order valence-corrected chi connectivity index (χ0v) is 11.5. The average molecular weight is 249 g/mol. The van der Waals surface area contributed by atoms with E-state index in [-0.39, 0.29) is 13.2 Å². The molecule has 0 spiro atoms. The molecule has 1 fully saturated rings. The molecular weight excluding hydrogens is 226 g/mol. The van der Waals surface area contributed by atoms with Crippen molar-refractivity contribution in [3.63, 3.8) is 0 Å². The van der Waals surface area contributed by atoms with Crippen LogP contribution < -0.4 is 10.5 Å². The van der Waals surface area contributed by atoms with Gasteiger partial charge in [0.25, 0.3) is 0 Å². The third kappa shape index (κ3) is 2.68. The number of nitrogens with two attached hydrogens (primary N) is 1. The van der Waals surface area contributed by atoms with Crippen LogP contribution in [0.25, 0.3) is 0 Å². The van der Waals surface area contributed by atoms with E-state index in [9.17, 15) is 5.11 Å². The minimum atomic E-state index is -0.857. The Morgan fingerprint density at radius 3 is 2.56 bits per heavy atom. The molecule has 0 saturated heterocycles. The van der Waals surface area contributed by atoms with Gasteiger partial charge >= 0.3 is 0 Å². The Balaban J connectivity index is 2.10. The highest BCUT2D eigenvalue weighted by atomic mass is 16.5. The van der Waals surface area contributed by atoms with E-state index in [0.29, 0.717) is 5.92 Å². The second-order valence-electron chi connectivity index (χ2n) is 5.58. The topological polar surface area (TPSA) is 55.5 Å². The Kier molecular flexibility index (Phi) is 3.64. The number of hydrogen-bond donors (Lipinski definition) is 2. The van der Waals surface area contributed by atoms with Gasteiger partial charge in [0.1, 0.15) is 18.0 Å². The normalized spacial score (nSPS) is 18.5. The SMILES string of the molecule is Cc1cc(C)c(C)c(OCC(O)(CN)C2CC2)c1. The Morgan fingerprint density at radius 1 is 1.33 bits per heavy atom. The summed E-state index contributed by atoms with van der Waals surface area (Å²) in [4.78, 5) is 0. The van der Waals surface area contributed by atoms with Gasteiger partial charge in [0.2, 0.25) is 0 Å². The Bertz CT molecular complexity index is 440. The molecule has 100 valence electrons. The minimum Gasteiger partial charge on any atom is -0.490 e. The second kappa shape index (κ2) is 4.90. The predicted molar refractivity (Wildman–Crippen MR) is 72.9 cm³/mol. The molecule has 0 bridgehead atoms. The lowest BCUT2D eigenvalue weighted by Gasteiger charge is -2.27. The van der Waals surface area contributed by atoms with Crippen LogP contribution in [0, 0.1) is 26.7 Å². The molecule has 2 rings (SSSR count). The van der Waals surface area contributed by atoms with Crippen LogP contribution in [0.3, 0.4) is 0 Å². The van der Waals surface area contributed by atoms with E-state index in [1.54, 1.807) is 0 Å². The van der Waals surface area contributed by atoms with Crippen molar-refractivity contribution in [1.29, 1.82) is 0 Å². The van der Waals surface area contributed by atoms with E-state index < -0.39 is 5.60 Å². The number of rotatable bonds is 5. The van der Waals surface area contributed by atoms with Crippen molar-refractivity contribution >= 4 is 0 Å². The van der Waals surface area contributed by atoms with Crippen LogP contribution in [-0.2, 0) is 0 Å². The van der Waals surface area contributed by atoms with Gasteiger partial charge in [-0.2, -0.15) is 0 Å². The first-order chi connectivity index (χ1) is 8.46. The van der Waals surface area contributed by atoms with Crippen molar-refractivity contribution in [2.75, 3.05) is 13.2 Å². The molecule has 3 nitrogen and oxygen atoms in total. The minimum absolute atomic E-state index is 0.265. The molecule has 0 heterocycles. The monoisotopic (exact) mass is 249 g/mol. The molecule has 0 aromatic heterocycles. The number of hydrogen-bond acceptors (Lipinski definition) is 3. The number of ether oxygens (including phenoxy) is 1. The van der Waals surface area contributed by atoms with Crippen molar-refractivity contribution in [1.82, 2.24) is 0 Å².